The third kappa shape index (κ3) is 4.91. The van der Waals surface area contributed by atoms with Gasteiger partial charge in [-0.15, -0.1) is 0 Å². The molecule has 1 N–H and O–H groups in total. The number of nitrogens with one attached hydrogen (secondary N) is 1. The minimum absolute atomic E-state index is 0.296. The largest absolute Gasteiger partial charge is 0.468 e. The number of ether oxygens (including phenoxy) is 2. The minimum atomic E-state index is -0.731. The van der Waals surface area contributed by atoms with Gasteiger partial charge in [-0.25, -0.2) is 0 Å². The van der Waals surface area contributed by atoms with Crippen LogP contribution in [-0.4, -0.2) is 31.5 Å². The van der Waals surface area contributed by atoms with Gasteiger partial charge in [-0.3, -0.25) is 14.4 Å². The maximum absolute atomic E-state index is 11.0. The monoisotopic (exact) mass is 201 g/mol. The Bertz CT molecular complexity index is 271. The highest BCUT2D eigenvalue weighted by Gasteiger charge is 2.11. The molecule has 14 heavy (non-hydrogen) atoms. The summed E-state index contributed by atoms with van der Waals surface area (Å²) in [6.07, 6.45) is 0. The molecule has 0 atom stereocenters. The highest BCUT2D eigenvalue weighted by atomic mass is 16.5. The van der Waals surface area contributed by atoms with Gasteiger partial charge >= 0.3 is 11.9 Å². The van der Waals surface area contributed by atoms with Crippen molar-refractivity contribution in [1.82, 2.24) is 5.32 Å². The Hall–Kier alpha value is -1.85. The van der Waals surface area contributed by atoms with Gasteiger partial charge in [0.05, 0.1) is 7.11 Å². The predicted octanol–water partition coefficient (Wildman–Crippen LogP) is -0.648. The van der Waals surface area contributed by atoms with Crippen LogP contribution in [0.4, 0.5) is 0 Å². The topological polar surface area (TPSA) is 81.7 Å². The SMILES string of the molecule is C=C(OC(C)=O)C(=O)NCC(=O)OC. The van der Waals surface area contributed by atoms with Gasteiger partial charge in [0.25, 0.3) is 5.91 Å². The van der Waals surface area contributed by atoms with E-state index in [0.717, 1.165) is 6.92 Å². The fraction of sp³-hybridized carbons (Fsp3) is 0.375. The molecule has 0 rings (SSSR count). The van der Waals surface area contributed by atoms with Crippen LogP contribution >= 0.6 is 0 Å². The molecule has 0 fully saturated rings. The summed E-state index contributed by atoms with van der Waals surface area (Å²) < 4.78 is 8.65. The van der Waals surface area contributed by atoms with E-state index in [1.807, 2.05) is 0 Å². The standard InChI is InChI=1S/C8H11NO5/c1-5(14-6(2)10)8(12)9-4-7(11)13-3/h1,4H2,2-3H3,(H,9,12). The van der Waals surface area contributed by atoms with Gasteiger partial charge in [0, 0.05) is 6.92 Å². The zero-order chi connectivity index (χ0) is 11.1. The summed E-state index contributed by atoms with van der Waals surface area (Å²) in [5.74, 6) is -2.34. The van der Waals surface area contributed by atoms with Gasteiger partial charge in [-0.1, -0.05) is 6.58 Å². The van der Waals surface area contributed by atoms with Crippen LogP contribution in [0.25, 0.3) is 0 Å². The number of amides is 1. The van der Waals surface area contributed by atoms with Crippen molar-refractivity contribution in [3.63, 3.8) is 0 Å². The first-order valence-electron chi connectivity index (χ1n) is 3.69. The molecule has 0 aliphatic heterocycles. The lowest BCUT2D eigenvalue weighted by atomic mass is 10.5. The first kappa shape index (κ1) is 12.2. The van der Waals surface area contributed by atoms with Gasteiger partial charge in [0.2, 0.25) is 0 Å². The van der Waals surface area contributed by atoms with Gasteiger partial charge in [-0.05, 0) is 0 Å². The minimum Gasteiger partial charge on any atom is -0.468 e. The van der Waals surface area contributed by atoms with Crippen molar-refractivity contribution in [3.05, 3.63) is 12.3 Å². The van der Waals surface area contributed by atoms with Crippen molar-refractivity contribution in [3.8, 4) is 0 Å². The van der Waals surface area contributed by atoms with Crippen LogP contribution < -0.4 is 5.32 Å². The average Bonchev–Trinajstić information content (AvgIpc) is 2.12. The molecule has 0 radical (unpaired) electrons. The Balaban J connectivity index is 3.91. The molecule has 78 valence electrons. The van der Waals surface area contributed by atoms with E-state index in [4.69, 9.17) is 0 Å². The summed E-state index contributed by atoms with van der Waals surface area (Å²) in [5, 5.41) is 2.15. The molecule has 0 bridgehead atoms. The van der Waals surface area contributed by atoms with Gasteiger partial charge in [0.15, 0.2) is 5.76 Å². The Morgan fingerprint density at radius 2 is 1.93 bits per heavy atom. The summed E-state index contributed by atoms with van der Waals surface area (Å²) in [6.45, 7) is 4.03. The fourth-order valence-electron chi connectivity index (χ4n) is 0.543. The Morgan fingerprint density at radius 1 is 1.36 bits per heavy atom. The zero-order valence-electron chi connectivity index (χ0n) is 7.96. The van der Waals surface area contributed by atoms with Crippen LogP contribution in [0.5, 0.6) is 0 Å². The fourth-order valence-corrected chi connectivity index (χ4v) is 0.543. The van der Waals surface area contributed by atoms with Gasteiger partial charge in [-0.2, -0.15) is 0 Å². The Morgan fingerprint density at radius 3 is 2.36 bits per heavy atom. The maximum Gasteiger partial charge on any atom is 0.325 e. The van der Waals surface area contributed by atoms with Crippen LogP contribution in [-0.2, 0) is 23.9 Å². The Kier molecular flexibility index (Phi) is 4.98. The summed E-state index contributed by atoms with van der Waals surface area (Å²) >= 11 is 0. The maximum atomic E-state index is 11.0. The molecule has 1 amide bonds. The number of rotatable bonds is 4. The van der Waals surface area contributed by atoms with E-state index in [2.05, 4.69) is 21.4 Å². The van der Waals surface area contributed by atoms with Crippen molar-refractivity contribution < 1.29 is 23.9 Å². The first-order valence-corrected chi connectivity index (χ1v) is 3.69. The summed E-state index contributed by atoms with van der Waals surface area (Å²) in [5.41, 5.74) is 0. The van der Waals surface area contributed by atoms with Crippen molar-refractivity contribution in [2.24, 2.45) is 0 Å². The van der Waals surface area contributed by atoms with E-state index in [0.29, 0.717) is 0 Å². The molecule has 6 heteroatoms. The highest BCUT2D eigenvalue weighted by Crippen LogP contribution is 1.93. The molecule has 6 nitrogen and oxygen atoms in total. The number of carbonyl (C=O) groups is 3. The number of hydrogen-bond acceptors (Lipinski definition) is 5. The molecule has 0 saturated heterocycles. The van der Waals surface area contributed by atoms with Crippen LogP contribution in [0.3, 0.4) is 0 Å². The van der Waals surface area contributed by atoms with E-state index in [9.17, 15) is 14.4 Å². The lowest BCUT2D eigenvalue weighted by Gasteiger charge is -2.05. The van der Waals surface area contributed by atoms with Crippen LogP contribution in [0.2, 0.25) is 0 Å². The average molecular weight is 201 g/mol. The molecule has 0 spiro atoms. The second-order valence-electron chi connectivity index (χ2n) is 2.28. The van der Waals surface area contributed by atoms with Crippen molar-refractivity contribution in [2.75, 3.05) is 13.7 Å². The number of methoxy groups -OCH3 is 1. The Labute approximate surface area is 80.9 Å². The third-order valence-corrected chi connectivity index (χ3v) is 1.14. The van der Waals surface area contributed by atoms with E-state index >= 15 is 0 Å². The smallest absolute Gasteiger partial charge is 0.325 e. The first-order chi connectivity index (χ1) is 6.47. The lowest BCUT2D eigenvalue weighted by Crippen LogP contribution is -2.31. The molecule has 0 unspecified atom stereocenters. The molecule has 0 saturated carbocycles. The molecule has 0 aliphatic carbocycles. The molecular formula is C8H11NO5. The van der Waals surface area contributed by atoms with Crippen molar-refractivity contribution >= 4 is 17.8 Å². The van der Waals surface area contributed by atoms with Gasteiger partial charge < -0.3 is 14.8 Å². The van der Waals surface area contributed by atoms with Crippen molar-refractivity contribution in [2.45, 2.75) is 6.92 Å². The highest BCUT2D eigenvalue weighted by molar-refractivity contribution is 5.94. The number of carbonyl (C=O) groups excluding carboxylic acids is 3. The molecule has 0 aromatic carbocycles. The molecule has 0 aromatic heterocycles. The van der Waals surface area contributed by atoms with Crippen LogP contribution in [0.1, 0.15) is 6.92 Å². The number of hydrogen-bond donors (Lipinski definition) is 1. The van der Waals surface area contributed by atoms with Gasteiger partial charge in [0.1, 0.15) is 6.54 Å². The lowest BCUT2D eigenvalue weighted by molar-refractivity contribution is -0.142. The van der Waals surface area contributed by atoms with Crippen molar-refractivity contribution in [1.29, 1.82) is 0 Å². The quantitative estimate of drug-likeness (QED) is 0.371. The van der Waals surface area contributed by atoms with E-state index in [-0.39, 0.29) is 12.3 Å². The second kappa shape index (κ2) is 5.74. The predicted molar refractivity (Wildman–Crippen MR) is 45.9 cm³/mol. The van der Waals surface area contributed by atoms with E-state index < -0.39 is 17.8 Å². The van der Waals surface area contributed by atoms with Crippen LogP contribution in [0.15, 0.2) is 12.3 Å². The number of esters is 2. The molecule has 0 aliphatic rings. The second-order valence-corrected chi connectivity index (χ2v) is 2.28. The molecule has 0 heterocycles. The summed E-state index contributed by atoms with van der Waals surface area (Å²) in [7, 11) is 1.19. The third-order valence-electron chi connectivity index (χ3n) is 1.14. The summed E-state index contributed by atoms with van der Waals surface area (Å²) in [4.78, 5) is 32.0. The zero-order valence-corrected chi connectivity index (χ0v) is 7.96. The molecule has 0 aromatic rings. The summed E-state index contributed by atoms with van der Waals surface area (Å²) in [6, 6.07) is 0. The van der Waals surface area contributed by atoms with Crippen LogP contribution in [0, 0.1) is 0 Å². The van der Waals surface area contributed by atoms with E-state index in [1.165, 1.54) is 7.11 Å². The van der Waals surface area contributed by atoms with E-state index in [1.54, 1.807) is 0 Å². The molecular weight excluding hydrogens is 190 g/mol. The normalized spacial score (nSPS) is 8.71.